The largest absolute Gasteiger partial charge is 0.474 e. The summed E-state index contributed by atoms with van der Waals surface area (Å²) >= 11 is 0.965. The van der Waals surface area contributed by atoms with Crippen molar-refractivity contribution in [2.75, 3.05) is 6.54 Å². The number of hydrogen-bond acceptors (Lipinski definition) is 5. The van der Waals surface area contributed by atoms with Crippen molar-refractivity contribution in [2.45, 2.75) is 58.0 Å². The van der Waals surface area contributed by atoms with E-state index in [4.69, 9.17) is 4.74 Å². The second-order valence-electron chi connectivity index (χ2n) is 6.70. The van der Waals surface area contributed by atoms with Crippen molar-refractivity contribution in [3.05, 3.63) is 40.0 Å². The molecule has 0 amide bonds. The van der Waals surface area contributed by atoms with Gasteiger partial charge in [-0.2, -0.15) is 13.2 Å². The van der Waals surface area contributed by atoms with Crippen LogP contribution >= 0.6 is 11.3 Å². The van der Waals surface area contributed by atoms with Gasteiger partial charge in [-0.3, -0.25) is 0 Å². The standard InChI is InChI=1S/C19H24F3N5OS/c1-2-23-18(26-11-17-27-15(12-29-17)19(20,21)22)25-10-13-7-8-16(24-9-13)28-14-5-3-4-6-14/h7-9,12,14H,2-6,10-11H2,1H3,(H2,23,25,26). The molecule has 1 fully saturated rings. The third-order valence-electron chi connectivity index (χ3n) is 4.40. The normalized spacial score (nSPS) is 15.5. The molecule has 0 saturated heterocycles. The molecule has 0 unspecified atom stereocenters. The summed E-state index contributed by atoms with van der Waals surface area (Å²) in [6, 6.07) is 3.76. The number of halogens is 3. The topological polar surface area (TPSA) is 71.4 Å². The van der Waals surface area contributed by atoms with Crippen LogP contribution in [0.15, 0.2) is 28.7 Å². The molecule has 1 aliphatic rings. The van der Waals surface area contributed by atoms with Crippen LogP contribution in [0.5, 0.6) is 5.88 Å². The van der Waals surface area contributed by atoms with Crippen molar-refractivity contribution < 1.29 is 17.9 Å². The van der Waals surface area contributed by atoms with Crippen molar-refractivity contribution in [3.63, 3.8) is 0 Å². The number of ether oxygens (including phenoxy) is 1. The maximum absolute atomic E-state index is 12.6. The van der Waals surface area contributed by atoms with Crippen LogP contribution in [0, 0.1) is 0 Å². The maximum Gasteiger partial charge on any atom is 0.434 e. The Labute approximate surface area is 171 Å². The van der Waals surface area contributed by atoms with Crippen molar-refractivity contribution in [1.29, 1.82) is 0 Å². The fourth-order valence-electron chi connectivity index (χ4n) is 2.94. The first-order valence-corrected chi connectivity index (χ1v) is 10.5. The molecule has 1 aliphatic carbocycles. The average Bonchev–Trinajstić information content (AvgIpc) is 3.37. The molecule has 1 saturated carbocycles. The first-order chi connectivity index (χ1) is 13.9. The zero-order valence-electron chi connectivity index (χ0n) is 16.1. The molecule has 0 aliphatic heterocycles. The molecule has 2 aromatic heterocycles. The van der Waals surface area contributed by atoms with Crippen LogP contribution in [-0.2, 0) is 19.3 Å². The lowest BCUT2D eigenvalue weighted by Crippen LogP contribution is -2.36. The van der Waals surface area contributed by atoms with Gasteiger partial charge in [0.05, 0.1) is 13.1 Å². The molecular formula is C19H24F3N5OS. The number of rotatable bonds is 7. The molecule has 0 aromatic carbocycles. The van der Waals surface area contributed by atoms with E-state index < -0.39 is 11.9 Å². The molecule has 0 atom stereocenters. The minimum absolute atomic E-state index is 0.166. The van der Waals surface area contributed by atoms with Crippen LogP contribution in [0.25, 0.3) is 0 Å². The number of aromatic nitrogens is 2. The van der Waals surface area contributed by atoms with E-state index in [-0.39, 0.29) is 12.6 Å². The molecule has 0 bridgehead atoms. The highest BCUT2D eigenvalue weighted by Gasteiger charge is 2.33. The van der Waals surface area contributed by atoms with Gasteiger partial charge in [0.25, 0.3) is 0 Å². The highest BCUT2D eigenvalue weighted by Crippen LogP contribution is 2.30. The van der Waals surface area contributed by atoms with Crippen molar-refractivity contribution in [2.24, 2.45) is 4.99 Å². The predicted molar refractivity (Wildman–Crippen MR) is 106 cm³/mol. The zero-order valence-corrected chi connectivity index (χ0v) is 16.9. The van der Waals surface area contributed by atoms with Crippen molar-refractivity contribution in [3.8, 4) is 5.88 Å². The summed E-state index contributed by atoms with van der Waals surface area (Å²) < 4.78 is 43.8. The first kappa shape index (κ1) is 21.4. The third-order valence-corrected chi connectivity index (χ3v) is 5.25. The summed E-state index contributed by atoms with van der Waals surface area (Å²) in [5, 5.41) is 7.44. The number of pyridine rings is 1. The monoisotopic (exact) mass is 427 g/mol. The van der Waals surface area contributed by atoms with Crippen LogP contribution in [0.4, 0.5) is 13.2 Å². The number of thiazole rings is 1. The van der Waals surface area contributed by atoms with Crippen LogP contribution < -0.4 is 15.4 Å². The Morgan fingerprint density at radius 1 is 1.28 bits per heavy atom. The smallest absolute Gasteiger partial charge is 0.434 e. The Kier molecular flexibility index (Phi) is 7.29. The fraction of sp³-hybridized carbons (Fsp3) is 0.526. The zero-order chi connectivity index (χ0) is 20.7. The lowest BCUT2D eigenvalue weighted by Gasteiger charge is -2.12. The summed E-state index contributed by atoms with van der Waals surface area (Å²) in [5.41, 5.74) is 0.0433. The Balaban J connectivity index is 1.53. The summed E-state index contributed by atoms with van der Waals surface area (Å²) in [7, 11) is 0. The van der Waals surface area contributed by atoms with Crippen LogP contribution in [-0.4, -0.2) is 28.6 Å². The van der Waals surface area contributed by atoms with E-state index in [0.717, 1.165) is 35.1 Å². The molecular weight excluding hydrogens is 403 g/mol. The summed E-state index contributed by atoms with van der Waals surface area (Å²) in [4.78, 5) is 12.4. The molecule has 2 aromatic rings. The minimum atomic E-state index is -4.42. The SMILES string of the molecule is CCNC(=NCc1ccc(OC2CCCC2)nc1)NCc1nc(C(F)(F)F)cs1. The van der Waals surface area contributed by atoms with Gasteiger partial charge in [0.1, 0.15) is 11.1 Å². The number of alkyl halides is 3. The van der Waals surface area contributed by atoms with E-state index in [1.165, 1.54) is 12.8 Å². The predicted octanol–water partition coefficient (Wildman–Crippen LogP) is 4.13. The Bertz CT molecular complexity index is 801. The van der Waals surface area contributed by atoms with E-state index >= 15 is 0 Å². The molecule has 0 spiro atoms. The second kappa shape index (κ2) is 9.91. The molecule has 158 valence electrons. The summed E-state index contributed by atoms with van der Waals surface area (Å²) in [6.45, 7) is 3.10. The lowest BCUT2D eigenvalue weighted by atomic mass is 10.3. The minimum Gasteiger partial charge on any atom is -0.474 e. The van der Waals surface area contributed by atoms with Gasteiger partial charge in [0.2, 0.25) is 5.88 Å². The first-order valence-electron chi connectivity index (χ1n) is 9.59. The van der Waals surface area contributed by atoms with E-state index in [0.29, 0.717) is 29.9 Å². The molecule has 2 N–H and O–H groups in total. The Morgan fingerprint density at radius 3 is 2.69 bits per heavy atom. The van der Waals surface area contributed by atoms with E-state index in [9.17, 15) is 13.2 Å². The van der Waals surface area contributed by atoms with Crippen molar-refractivity contribution in [1.82, 2.24) is 20.6 Å². The van der Waals surface area contributed by atoms with Gasteiger partial charge >= 0.3 is 6.18 Å². The van der Waals surface area contributed by atoms with E-state index in [2.05, 4.69) is 25.6 Å². The summed E-state index contributed by atoms with van der Waals surface area (Å²) in [6.07, 6.45) is 2.14. The molecule has 3 rings (SSSR count). The van der Waals surface area contributed by atoms with Gasteiger partial charge < -0.3 is 15.4 Å². The van der Waals surface area contributed by atoms with Crippen LogP contribution in [0.3, 0.4) is 0 Å². The molecule has 6 nitrogen and oxygen atoms in total. The molecule has 10 heteroatoms. The van der Waals surface area contributed by atoms with Crippen molar-refractivity contribution >= 4 is 17.3 Å². The highest BCUT2D eigenvalue weighted by atomic mass is 32.1. The number of hydrogen-bond donors (Lipinski definition) is 2. The number of nitrogens with one attached hydrogen (secondary N) is 2. The van der Waals surface area contributed by atoms with Crippen LogP contribution in [0.1, 0.15) is 48.9 Å². The average molecular weight is 427 g/mol. The van der Waals surface area contributed by atoms with Gasteiger partial charge in [0, 0.05) is 24.2 Å². The summed E-state index contributed by atoms with van der Waals surface area (Å²) in [5.74, 6) is 1.13. The number of guanidine groups is 1. The van der Waals surface area contributed by atoms with Gasteiger partial charge in [-0.15, -0.1) is 11.3 Å². The maximum atomic E-state index is 12.6. The number of nitrogens with zero attached hydrogens (tertiary/aromatic N) is 3. The molecule has 2 heterocycles. The van der Waals surface area contributed by atoms with Crippen LogP contribution in [0.2, 0.25) is 0 Å². The van der Waals surface area contributed by atoms with Gasteiger partial charge in [-0.25, -0.2) is 15.0 Å². The number of aliphatic imine (C=N–C) groups is 1. The van der Waals surface area contributed by atoms with Gasteiger partial charge in [-0.05, 0) is 38.2 Å². The second-order valence-corrected chi connectivity index (χ2v) is 7.64. The van der Waals surface area contributed by atoms with Gasteiger partial charge in [0.15, 0.2) is 11.7 Å². The highest BCUT2D eigenvalue weighted by molar-refractivity contribution is 7.09. The Hall–Kier alpha value is -2.36. The molecule has 0 radical (unpaired) electrons. The molecule has 29 heavy (non-hydrogen) atoms. The van der Waals surface area contributed by atoms with E-state index in [1.807, 2.05) is 19.1 Å². The quantitative estimate of drug-likeness (QED) is 0.514. The van der Waals surface area contributed by atoms with Gasteiger partial charge in [-0.1, -0.05) is 6.07 Å². The van der Waals surface area contributed by atoms with E-state index in [1.54, 1.807) is 6.20 Å². The Morgan fingerprint density at radius 2 is 2.07 bits per heavy atom. The fourth-order valence-corrected chi connectivity index (χ4v) is 3.69. The lowest BCUT2D eigenvalue weighted by molar-refractivity contribution is -0.140. The third kappa shape index (κ3) is 6.59.